The van der Waals surface area contributed by atoms with Crippen LogP contribution in [0.5, 0.6) is 11.5 Å². The molecule has 0 saturated heterocycles. The summed E-state index contributed by atoms with van der Waals surface area (Å²) in [6.07, 6.45) is 1.87. The van der Waals surface area contributed by atoms with Crippen molar-refractivity contribution in [2.45, 2.75) is 45.4 Å². The average Bonchev–Trinajstić information content (AvgIpc) is 3.24. The van der Waals surface area contributed by atoms with Gasteiger partial charge in [0.05, 0.1) is 22.2 Å². The van der Waals surface area contributed by atoms with Crippen LogP contribution in [0.3, 0.4) is 0 Å². The van der Waals surface area contributed by atoms with Gasteiger partial charge >= 0.3 is 0 Å². The molecule has 2 heterocycles. The number of Topliss-reactive ketones (excluding diaryl/α,β-unsaturated/α-hetero) is 1. The second-order valence-corrected chi connectivity index (χ2v) is 10.0. The molecule has 1 aliphatic heterocycles. The molecule has 0 spiro atoms. The Labute approximate surface area is 191 Å². The fraction of sp³-hybridized carbons (Fsp3) is 0.346. The van der Waals surface area contributed by atoms with Gasteiger partial charge in [0, 0.05) is 17.5 Å². The number of carbonyl (C=O) groups is 2. The van der Waals surface area contributed by atoms with Crippen LogP contribution >= 0.6 is 0 Å². The summed E-state index contributed by atoms with van der Waals surface area (Å²) in [5.74, 6) is 1.21. The minimum Gasteiger partial charge on any atom is -0.454 e. The molecule has 0 atom stereocenters. The maximum absolute atomic E-state index is 13.3. The third-order valence-corrected chi connectivity index (χ3v) is 6.21. The molecular weight excluding hydrogens is 418 g/mol. The summed E-state index contributed by atoms with van der Waals surface area (Å²) < 4.78 is 10.8. The second kappa shape index (κ2) is 7.38. The van der Waals surface area contributed by atoms with Gasteiger partial charge in [0.2, 0.25) is 12.7 Å². The second-order valence-electron chi connectivity index (χ2n) is 10.0. The number of fused-ring (bicyclic) bond motifs is 2. The number of nitrogens with zero attached hydrogens (tertiary/aromatic N) is 1. The molecule has 33 heavy (non-hydrogen) atoms. The topological polar surface area (TPSA) is 104 Å². The van der Waals surface area contributed by atoms with Crippen LogP contribution in [0.25, 0.3) is 10.9 Å². The number of rotatable bonds is 5. The monoisotopic (exact) mass is 443 g/mol. The predicted octanol–water partition coefficient (Wildman–Crippen LogP) is 5.06. The first-order valence-electron chi connectivity index (χ1n) is 11.0. The van der Waals surface area contributed by atoms with Gasteiger partial charge in [-0.25, -0.2) is 0 Å². The van der Waals surface area contributed by atoms with Gasteiger partial charge in [-0.15, -0.1) is 0 Å². The first-order chi connectivity index (χ1) is 15.7. The van der Waals surface area contributed by atoms with Crippen molar-refractivity contribution in [1.82, 2.24) is 4.98 Å². The summed E-state index contributed by atoms with van der Waals surface area (Å²) in [6, 6.07) is 13.0. The largest absolute Gasteiger partial charge is 0.454 e. The van der Waals surface area contributed by atoms with Crippen molar-refractivity contribution in [3.63, 3.8) is 0 Å². The number of nitrogens with one attached hydrogen (secondary N) is 2. The normalized spacial score (nSPS) is 15.8. The lowest BCUT2D eigenvalue weighted by atomic mass is 9.89. The highest BCUT2D eigenvalue weighted by molar-refractivity contribution is 6.05. The van der Waals surface area contributed by atoms with E-state index in [0.29, 0.717) is 40.4 Å². The highest BCUT2D eigenvalue weighted by Gasteiger charge is 2.51. The standard InChI is InChI=1S/C26H25N3O4/c1-25(2,3)12-20(30)19-10-15-8-18(9-16(13-27)23(15)29-19)28-24(31)26(6-7-26)17-4-5-21-22(11-17)33-14-32-21/h4-5,8-11,29H,6-7,12,14H2,1-3H3,(H,28,31). The Morgan fingerprint density at radius 3 is 2.58 bits per heavy atom. The number of aromatic amines is 1. The number of benzene rings is 2. The van der Waals surface area contributed by atoms with Crippen molar-refractivity contribution in [1.29, 1.82) is 5.26 Å². The van der Waals surface area contributed by atoms with E-state index in [-0.39, 0.29) is 23.9 Å². The summed E-state index contributed by atoms with van der Waals surface area (Å²) in [6.45, 7) is 6.22. The Bertz CT molecular complexity index is 1340. The number of anilines is 1. The molecule has 1 aliphatic carbocycles. The number of H-pyrrole nitrogens is 1. The highest BCUT2D eigenvalue weighted by Crippen LogP contribution is 2.51. The maximum atomic E-state index is 13.3. The maximum Gasteiger partial charge on any atom is 0.235 e. The van der Waals surface area contributed by atoms with Crippen LogP contribution in [0.15, 0.2) is 36.4 Å². The van der Waals surface area contributed by atoms with E-state index in [9.17, 15) is 14.9 Å². The summed E-state index contributed by atoms with van der Waals surface area (Å²) >= 11 is 0. The Kier molecular flexibility index (Phi) is 4.71. The summed E-state index contributed by atoms with van der Waals surface area (Å²) in [5, 5.41) is 13.4. The van der Waals surface area contributed by atoms with Crippen molar-refractivity contribution < 1.29 is 19.1 Å². The number of ether oxygens (including phenoxy) is 2. The molecule has 0 unspecified atom stereocenters. The zero-order valence-corrected chi connectivity index (χ0v) is 18.9. The first-order valence-corrected chi connectivity index (χ1v) is 11.0. The molecule has 2 N–H and O–H groups in total. The van der Waals surface area contributed by atoms with Crippen LogP contribution in [-0.4, -0.2) is 23.5 Å². The predicted molar refractivity (Wildman–Crippen MR) is 124 cm³/mol. The van der Waals surface area contributed by atoms with Gasteiger partial charge in [0.25, 0.3) is 0 Å². The first kappa shape index (κ1) is 21.1. The summed E-state index contributed by atoms with van der Waals surface area (Å²) in [4.78, 5) is 29.0. The molecule has 168 valence electrons. The number of carbonyl (C=O) groups excluding carboxylic acids is 2. The molecular formula is C26H25N3O4. The van der Waals surface area contributed by atoms with Crippen LogP contribution < -0.4 is 14.8 Å². The van der Waals surface area contributed by atoms with Gasteiger partial charge in [-0.2, -0.15) is 5.26 Å². The Morgan fingerprint density at radius 1 is 1.12 bits per heavy atom. The molecule has 0 radical (unpaired) electrons. The minimum atomic E-state index is -0.616. The lowest BCUT2D eigenvalue weighted by Crippen LogP contribution is -2.27. The number of hydrogen-bond donors (Lipinski definition) is 2. The van der Waals surface area contributed by atoms with E-state index in [1.165, 1.54) is 0 Å². The Balaban J connectivity index is 1.42. The zero-order valence-electron chi connectivity index (χ0n) is 18.9. The molecule has 1 fully saturated rings. The fourth-order valence-electron chi connectivity index (χ4n) is 4.35. The lowest BCUT2D eigenvalue weighted by Gasteiger charge is -2.16. The van der Waals surface area contributed by atoms with Gasteiger partial charge in [-0.3, -0.25) is 9.59 Å². The molecule has 5 rings (SSSR count). The Hall–Kier alpha value is -3.79. The van der Waals surface area contributed by atoms with E-state index < -0.39 is 5.41 Å². The smallest absolute Gasteiger partial charge is 0.235 e. The van der Waals surface area contributed by atoms with Gasteiger partial charge in [-0.05, 0) is 54.2 Å². The van der Waals surface area contributed by atoms with Crippen molar-refractivity contribution in [3.05, 3.63) is 53.2 Å². The van der Waals surface area contributed by atoms with E-state index in [0.717, 1.165) is 23.8 Å². The lowest BCUT2D eigenvalue weighted by molar-refractivity contribution is -0.118. The number of amides is 1. The Morgan fingerprint density at radius 2 is 1.88 bits per heavy atom. The van der Waals surface area contributed by atoms with E-state index >= 15 is 0 Å². The fourth-order valence-corrected chi connectivity index (χ4v) is 4.35. The highest BCUT2D eigenvalue weighted by atomic mass is 16.7. The van der Waals surface area contributed by atoms with Crippen molar-refractivity contribution >= 4 is 28.3 Å². The van der Waals surface area contributed by atoms with E-state index in [2.05, 4.69) is 16.4 Å². The quantitative estimate of drug-likeness (QED) is 0.537. The van der Waals surface area contributed by atoms with E-state index in [4.69, 9.17) is 9.47 Å². The molecule has 0 bridgehead atoms. The third-order valence-electron chi connectivity index (χ3n) is 6.21. The number of ketones is 1. The van der Waals surface area contributed by atoms with Crippen molar-refractivity contribution in [2.24, 2.45) is 5.41 Å². The molecule has 1 aromatic heterocycles. The molecule has 1 amide bonds. The van der Waals surface area contributed by atoms with E-state index in [1.54, 1.807) is 18.2 Å². The number of nitriles is 1. The van der Waals surface area contributed by atoms with Crippen molar-refractivity contribution in [2.75, 3.05) is 12.1 Å². The average molecular weight is 444 g/mol. The van der Waals surface area contributed by atoms with Gasteiger partial charge in [-0.1, -0.05) is 26.8 Å². The zero-order chi connectivity index (χ0) is 23.4. The SMILES string of the molecule is CC(C)(C)CC(=O)c1cc2cc(NC(=O)C3(c4ccc5c(c4)OCO5)CC3)cc(C#N)c2[nH]1. The van der Waals surface area contributed by atoms with Crippen LogP contribution in [0.2, 0.25) is 0 Å². The third kappa shape index (κ3) is 3.82. The molecule has 7 nitrogen and oxygen atoms in total. The van der Waals surface area contributed by atoms with Crippen LogP contribution in [0.4, 0.5) is 5.69 Å². The van der Waals surface area contributed by atoms with Gasteiger partial charge in [0.15, 0.2) is 17.3 Å². The van der Waals surface area contributed by atoms with E-state index in [1.807, 2.05) is 39.0 Å². The van der Waals surface area contributed by atoms with Crippen LogP contribution in [0.1, 0.15) is 61.6 Å². The van der Waals surface area contributed by atoms with Crippen LogP contribution in [-0.2, 0) is 10.2 Å². The molecule has 3 aromatic rings. The molecule has 2 aliphatic rings. The summed E-state index contributed by atoms with van der Waals surface area (Å²) in [7, 11) is 0. The van der Waals surface area contributed by atoms with Crippen molar-refractivity contribution in [3.8, 4) is 17.6 Å². The molecule has 2 aromatic carbocycles. The van der Waals surface area contributed by atoms with Crippen LogP contribution in [0, 0.1) is 16.7 Å². The molecule has 1 saturated carbocycles. The summed E-state index contributed by atoms with van der Waals surface area (Å²) in [5.41, 5.74) is 2.12. The van der Waals surface area contributed by atoms with Gasteiger partial charge < -0.3 is 19.8 Å². The number of aromatic nitrogens is 1. The van der Waals surface area contributed by atoms with Gasteiger partial charge in [0.1, 0.15) is 6.07 Å². The minimum absolute atomic E-state index is 0.00656. The number of hydrogen-bond acceptors (Lipinski definition) is 5. The molecule has 7 heteroatoms.